The maximum absolute atomic E-state index is 5.28. The largest absolute Gasteiger partial charge is 0.338 e. The van der Waals surface area contributed by atoms with Crippen molar-refractivity contribution in [2.75, 3.05) is 13.1 Å². The van der Waals surface area contributed by atoms with Crippen molar-refractivity contribution in [2.45, 2.75) is 25.4 Å². The van der Waals surface area contributed by atoms with E-state index in [0.29, 0.717) is 18.3 Å². The minimum Gasteiger partial charge on any atom is -0.338 e. The van der Waals surface area contributed by atoms with Gasteiger partial charge in [0.2, 0.25) is 11.7 Å². The predicted molar refractivity (Wildman–Crippen MR) is 72.5 cm³/mol. The van der Waals surface area contributed by atoms with E-state index < -0.39 is 0 Å². The number of hydrogen-bond acceptors (Lipinski definition) is 5. The quantitative estimate of drug-likeness (QED) is 0.871. The summed E-state index contributed by atoms with van der Waals surface area (Å²) in [7, 11) is 0. The molecule has 3 rings (SSSR count). The van der Waals surface area contributed by atoms with E-state index in [9.17, 15) is 0 Å². The van der Waals surface area contributed by atoms with Gasteiger partial charge < -0.3 is 15.2 Å². The molecule has 19 heavy (non-hydrogen) atoms. The molecule has 1 aromatic carbocycles. The fraction of sp³-hybridized carbons (Fsp3) is 0.429. The minimum atomic E-state index is 0.126. The Bertz CT molecular complexity index is 531. The van der Waals surface area contributed by atoms with E-state index in [1.165, 1.54) is 0 Å². The van der Waals surface area contributed by atoms with E-state index in [-0.39, 0.29) is 5.54 Å². The summed E-state index contributed by atoms with van der Waals surface area (Å²) in [6.07, 6.45) is 1.12. The van der Waals surface area contributed by atoms with Crippen molar-refractivity contribution in [1.82, 2.24) is 20.8 Å². The summed E-state index contributed by atoms with van der Waals surface area (Å²) in [6, 6.07) is 9.86. The molecule has 0 aliphatic carbocycles. The second-order valence-corrected chi connectivity index (χ2v) is 5.22. The fourth-order valence-corrected chi connectivity index (χ4v) is 2.29. The van der Waals surface area contributed by atoms with Gasteiger partial charge in [0.15, 0.2) is 0 Å². The summed E-state index contributed by atoms with van der Waals surface area (Å²) in [6.45, 7) is 4.86. The molecule has 1 atom stereocenters. The molecule has 1 unspecified atom stereocenters. The Morgan fingerprint density at radius 3 is 2.95 bits per heavy atom. The number of rotatable bonds is 4. The first-order chi connectivity index (χ1) is 9.25. The average molecular weight is 258 g/mol. The molecule has 0 radical (unpaired) electrons. The van der Waals surface area contributed by atoms with Crippen LogP contribution in [-0.2, 0) is 6.54 Å². The zero-order valence-electron chi connectivity index (χ0n) is 11.0. The van der Waals surface area contributed by atoms with Crippen molar-refractivity contribution in [2.24, 2.45) is 0 Å². The molecule has 1 fully saturated rings. The highest BCUT2D eigenvalue weighted by Crippen LogP contribution is 2.16. The molecule has 1 aromatic heterocycles. The van der Waals surface area contributed by atoms with Gasteiger partial charge in [0, 0.05) is 17.6 Å². The van der Waals surface area contributed by atoms with Gasteiger partial charge in [-0.3, -0.25) is 0 Å². The summed E-state index contributed by atoms with van der Waals surface area (Å²) in [5.41, 5.74) is 1.10. The third-order valence-corrected chi connectivity index (χ3v) is 3.54. The van der Waals surface area contributed by atoms with E-state index in [2.05, 4.69) is 27.7 Å². The minimum absolute atomic E-state index is 0.126. The van der Waals surface area contributed by atoms with Gasteiger partial charge in [-0.1, -0.05) is 35.5 Å². The van der Waals surface area contributed by atoms with Crippen molar-refractivity contribution in [3.8, 4) is 11.4 Å². The molecule has 1 aliphatic heterocycles. The number of nitrogens with zero attached hydrogens (tertiary/aromatic N) is 2. The highest BCUT2D eigenvalue weighted by atomic mass is 16.5. The molecule has 5 nitrogen and oxygen atoms in total. The van der Waals surface area contributed by atoms with Gasteiger partial charge in [-0.15, -0.1) is 0 Å². The molecular formula is C14H18N4O. The molecular weight excluding hydrogens is 240 g/mol. The van der Waals surface area contributed by atoms with Gasteiger partial charge in [-0.2, -0.15) is 4.98 Å². The van der Waals surface area contributed by atoms with Crippen LogP contribution in [0.25, 0.3) is 11.4 Å². The van der Waals surface area contributed by atoms with Gasteiger partial charge in [-0.25, -0.2) is 0 Å². The third kappa shape index (κ3) is 2.83. The van der Waals surface area contributed by atoms with Crippen molar-refractivity contribution < 1.29 is 4.52 Å². The van der Waals surface area contributed by atoms with Crippen molar-refractivity contribution in [3.63, 3.8) is 0 Å². The van der Waals surface area contributed by atoms with Crippen molar-refractivity contribution in [1.29, 1.82) is 0 Å². The Labute approximate surface area is 112 Å². The predicted octanol–water partition coefficient (Wildman–Crippen LogP) is 1.58. The summed E-state index contributed by atoms with van der Waals surface area (Å²) in [4.78, 5) is 4.41. The first-order valence-corrected chi connectivity index (χ1v) is 6.59. The molecule has 100 valence electrons. The van der Waals surface area contributed by atoms with Crippen LogP contribution in [0.4, 0.5) is 0 Å². The molecule has 2 N–H and O–H groups in total. The van der Waals surface area contributed by atoms with E-state index in [0.717, 1.165) is 25.1 Å². The first kappa shape index (κ1) is 12.3. The second kappa shape index (κ2) is 5.11. The van der Waals surface area contributed by atoms with E-state index >= 15 is 0 Å². The maximum atomic E-state index is 5.28. The fourth-order valence-electron chi connectivity index (χ4n) is 2.29. The van der Waals surface area contributed by atoms with E-state index in [1.54, 1.807) is 0 Å². The lowest BCUT2D eigenvalue weighted by atomic mass is 10.0. The van der Waals surface area contributed by atoms with Crippen LogP contribution in [0.2, 0.25) is 0 Å². The Morgan fingerprint density at radius 1 is 1.37 bits per heavy atom. The molecule has 0 saturated carbocycles. The lowest BCUT2D eigenvalue weighted by molar-refractivity contribution is 0.323. The average Bonchev–Trinajstić information content (AvgIpc) is 3.07. The van der Waals surface area contributed by atoms with Gasteiger partial charge in [0.25, 0.3) is 0 Å². The third-order valence-electron chi connectivity index (χ3n) is 3.54. The van der Waals surface area contributed by atoms with Crippen LogP contribution >= 0.6 is 0 Å². The lowest BCUT2D eigenvalue weighted by Gasteiger charge is -2.23. The highest BCUT2D eigenvalue weighted by molar-refractivity contribution is 5.53. The smallest absolute Gasteiger partial charge is 0.240 e. The van der Waals surface area contributed by atoms with Crippen LogP contribution in [0.3, 0.4) is 0 Å². The van der Waals surface area contributed by atoms with Crippen molar-refractivity contribution >= 4 is 0 Å². The van der Waals surface area contributed by atoms with Gasteiger partial charge in [-0.05, 0) is 19.9 Å². The number of benzene rings is 1. The number of hydrogen-bond donors (Lipinski definition) is 2. The molecule has 0 bridgehead atoms. The molecule has 2 aromatic rings. The van der Waals surface area contributed by atoms with Gasteiger partial charge in [0.05, 0.1) is 6.54 Å². The standard InChI is InChI=1S/C14H18N4O/c1-14(7-8-15-10-14)16-9-12-17-13(18-19-12)11-5-3-2-4-6-11/h2-6,15-16H,7-10H2,1H3. The molecule has 5 heteroatoms. The lowest BCUT2D eigenvalue weighted by Crippen LogP contribution is -2.43. The van der Waals surface area contributed by atoms with Crippen LogP contribution in [0, 0.1) is 0 Å². The maximum Gasteiger partial charge on any atom is 0.240 e. The number of aromatic nitrogens is 2. The zero-order chi connectivity index (χ0) is 13.1. The first-order valence-electron chi connectivity index (χ1n) is 6.59. The zero-order valence-corrected chi connectivity index (χ0v) is 11.0. The van der Waals surface area contributed by atoms with Gasteiger partial charge in [0.1, 0.15) is 0 Å². The Morgan fingerprint density at radius 2 is 2.21 bits per heavy atom. The molecule has 0 spiro atoms. The van der Waals surface area contributed by atoms with Crippen LogP contribution in [-0.4, -0.2) is 28.8 Å². The Kier molecular flexibility index (Phi) is 3.31. The second-order valence-electron chi connectivity index (χ2n) is 5.22. The normalized spacial score (nSPS) is 22.8. The molecule has 1 saturated heterocycles. The van der Waals surface area contributed by atoms with E-state index in [1.807, 2.05) is 30.3 Å². The molecule has 1 aliphatic rings. The van der Waals surface area contributed by atoms with Crippen LogP contribution in [0.5, 0.6) is 0 Å². The Balaban J connectivity index is 1.65. The van der Waals surface area contributed by atoms with Crippen LogP contribution < -0.4 is 10.6 Å². The summed E-state index contributed by atoms with van der Waals surface area (Å²) in [5, 5.41) is 10.8. The van der Waals surface area contributed by atoms with Crippen LogP contribution in [0.1, 0.15) is 19.2 Å². The number of nitrogens with one attached hydrogen (secondary N) is 2. The molecule has 2 heterocycles. The van der Waals surface area contributed by atoms with Gasteiger partial charge >= 0.3 is 0 Å². The molecule has 0 amide bonds. The Hall–Kier alpha value is -1.72. The topological polar surface area (TPSA) is 63.0 Å². The highest BCUT2D eigenvalue weighted by Gasteiger charge is 2.28. The summed E-state index contributed by atoms with van der Waals surface area (Å²) >= 11 is 0. The monoisotopic (exact) mass is 258 g/mol. The summed E-state index contributed by atoms with van der Waals surface area (Å²) in [5.74, 6) is 1.28. The summed E-state index contributed by atoms with van der Waals surface area (Å²) < 4.78 is 5.28. The van der Waals surface area contributed by atoms with E-state index in [4.69, 9.17) is 4.52 Å². The van der Waals surface area contributed by atoms with Crippen molar-refractivity contribution in [3.05, 3.63) is 36.2 Å². The SMILES string of the molecule is CC1(NCc2nc(-c3ccccc3)no2)CCNC1. The van der Waals surface area contributed by atoms with Crippen LogP contribution in [0.15, 0.2) is 34.9 Å².